The number of halogens is 1. The van der Waals surface area contributed by atoms with Crippen molar-refractivity contribution in [3.63, 3.8) is 0 Å². The van der Waals surface area contributed by atoms with Gasteiger partial charge in [-0.3, -0.25) is 4.79 Å². The lowest BCUT2D eigenvalue weighted by Crippen LogP contribution is -2.31. The average molecular weight is 385 g/mol. The summed E-state index contributed by atoms with van der Waals surface area (Å²) in [6, 6.07) is 8.08. The molecule has 1 amide bonds. The maximum atomic E-state index is 12.0. The van der Waals surface area contributed by atoms with Crippen LogP contribution in [-0.2, 0) is 4.79 Å². The van der Waals surface area contributed by atoms with Gasteiger partial charge in [0.25, 0.3) is 0 Å². The quantitative estimate of drug-likeness (QED) is 0.685. The van der Waals surface area contributed by atoms with E-state index in [2.05, 4.69) is 20.9 Å². The van der Waals surface area contributed by atoms with Gasteiger partial charge in [-0.25, -0.2) is 4.98 Å². The predicted molar refractivity (Wildman–Crippen MR) is 93.9 cm³/mol. The third kappa shape index (κ3) is 4.56. The fourth-order valence-corrected chi connectivity index (χ4v) is 3.87. The first-order valence-electron chi connectivity index (χ1n) is 6.76. The molecule has 21 heavy (non-hydrogen) atoms. The number of thioether (sulfide) groups is 1. The van der Waals surface area contributed by atoms with E-state index in [4.69, 9.17) is 0 Å². The first-order chi connectivity index (χ1) is 10.1. The Morgan fingerprint density at radius 1 is 1.29 bits per heavy atom. The molecule has 0 saturated heterocycles. The summed E-state index contributed by atoms with van der Waals surface area (Å²) in [5.74, 6) is 0.625. The highest BCUT2D eigenvalue weighted by molar-refractivity contribution is 9.10. The largest absolute Gasteiger partial charge is 0.343 e. The van der Waals surface area contributed by atoms with Crippen LogP contribution in [0.1, 0.15) is 13.8 Å². The van der Waals surface area contributed by atoms with Crippen molar-refractivity contribution in [1.82, 2.24) is 9.88 Å². The van der Waals surface area contributed by atoms with Gasteiger partial charge in [0.05, 0.1) is 11.4 Å². The minimum absolute atomic E-state index is 0.172. The van der Waals surface area contributed by atoms with Crippen molar-refractivity contribution in [2.45, 2.75) is 18.2 Å². The molecule has 0 fully saturated rings. The number of hydrogen-bond acceptors (Lipinski definition) is 4. The fourth-order valence-electron chi connectivity index (χ4n) is 1.87. The highest BCUT2D eigenvalue weighted by Crippen LogP contribution is 2.29. The van der Waals surface area contributed by atoms with Crippen LogP contribution in [0.4, 0.5) is 0 Å². The van der Waals surface area contributed by atoms with E-state index >= 15 is 0 Å². The van der Waals surface area contributed by atoms with Gasteiger partial charge in [0, 0.05) is 28.5 Å². The number of carbonyl (C=O) groups is 1. The maximum absolute atomic E-state index is 12.0. The lowest BCUT2D eigenvalue weighted by Gasteiger charge is -2.17. The molecule has 1 aromatic carbocycles. The van der Waals surface area contributed by atoms with Crippen LogP contribution in [0, 0.1) is 0 Å². The Morgan fingerprint density at radius 2 is 1.95 bits per heavy atom. The van der Waals surface area contributed by atoms with Crippen LogP contribution in [0.2, 0.25) is 0 Å². The standard InChI is InChI=1S/C15H17BrN2OS2/c1-3-18(4-2)14(19)10-21-15-17-13(9-20-15)11-5-7-12(16)8-6-11/h5-9H,3-4,10H2,1-2H3. The van der Waals surface area contributed by atoms with E-state index in [0.717, 1.165) is 33.2 Å². The van der Waals surface area contributed by atoms with Gasteiger partial charge in [0.2, 0.25) is 5.91 Å². The van der Waals surface area contributed by atoms with E-state index in [-0.39, 0.29) is 5.91 Å². The monoisotopic (exact) mass is 384 g/mol. The molecule has 0 aliphatic carbocycles. The van der Waals surface area contributed by atoms with E-state index in [1.165, 1.54) is 11.8 Å². The molecule has 1 heterocycles. The van der Waals surface area contributed by atoms with Crippen molar-refractivity contribution in [2.24, 2.45) is 0 Å². The SMILES string of the molecule is CCN(CC)C(=O)CSc1nc(-c2ccc(Br)cc2)cs1. The Labute approximate surface area is 141 Å². The summed E-state index contributed by atoms with van der Waals surface area (Å²) in [6.45, 7) is 5.53. The van der Waals surface area contributed by atoms with Crippen molar-refractivity contribution in [2.75, 3.05) is 18.8 Å². The van der Waals surface area contributed by atoms with Crippen LogP contribution in [0.5, 0.6) is 0 Å². The zero-order valence-corrected chi connectivity index (χ0v) is 15.2. The van der Waals surface area contributed by atoms with Crippen molar-refractivity contribution < 1.29 is 4.79 Å². The first kappa shape index (κ1) is 16.5. The van der Waals surface area contributed by atoms with Crippen molar-refractivity contribution >= 4 is 44.9 Å². The number of benzene rings is 1. The molecule has 3 nitrogen and oxygen atoms in total. The summed E-state index contributed by atoms with van der Waals surface area (Å²) >= 11 is 6.53. The van der Waals surface area contributed by atoms with Gasteiger partial charge in [0.1, 0.15) is 0 Å². The van der Waals surface area contributed by atoms with Gasteiger partial charge >= 0.3 is 0 Å². The van der Waals surface area contributed by atoms with Gasteiger partial charge in [0.15, 0.2) is 4.34 Å². The molecule has 0 bridgehead atoms. The van der Waals surface area contributed by atoms with Gasteiger partial charge in [-0.05, 0) is 26.0 Å². The van der Waals surface area contributed by atoms with Crippen LogP contribution >= 0.6 is 39.0 Å². The second-order valence-electron chi connectivity index (χ2n) is 4.36. The number of amides is 1. The minimum atomic E-state index is 0.172. The lowest BCUT2D eigenvalue weighted by atomic mass is 10.2. The number of carbonyl (C=O) groups excluding carboxylic acids is 1. The van der Waals surface area contributed by atoms with E-state index < -0.39 is 0 Å². The number of hydrogen-bond donors (Lipinski definition) is 0. The third-order valence-electron chi connectivity index (χ3n) is 3.06. The molecule has 0 aliphatic rings. The average Bonchev–Trinajstić information content (AvgIpc) is 2.96. The Bertz CT molecular complexity index is 594. The molecule has 112 valence electrons. The number of rotatable bonds is 6. The van der Waals surface area contributed by atoms with Crippen LogP contribution < -0.4 is 0 Å². The summed E-state index contributed by atoms with van der Waals surface area (Å²) in [6.07, 6.45) is 0. The summed E-state index contributed by atoms with van der Waals surface area (Å²) in [5.41, 5.74) is 2.06. The number of thiazole rings is 1. The maximum Gasteiger partial charge on any atom is 0.232 e. The second kappa shape index (κ2) is 7.96. The van der Waals surface area contributed by atoms with Crippen LogP contribution in [0.15, 0.2) is 38.5 Å². The van der Waals surface area contributed by atoms with Crippen LogP contribution in [-0.4, -0.2) is 34.6 Å². The molecule has 2 aromatic rings. The molecule has 0 N–H and O–H groups in total. The molecular weight excluding hydrogens is 368 g/mol. The summed E-state index contributed by atoms with van der Waals surface area (Å²) in [4.78, 5) is 18.4. The molecular formula is C15H17BrN2OS2. The normalized spacial score (nSPS) is 10.6. The molecule has 6 heteroatoms. The zero-order valence-electron chi connectivity index (χ0n) is 12.0. The Morgan fingerprint density at radius 3 is 2.57 bits per heavy atom. The van der Waals surface area contributed by atoms with Crippen molar-refractivity contribution in [3.8, 4) is 11.3 Å². The van der Waals surface area contributed by atoms with Gasteiger partial charge in [-0.15, -0.1) is 11.3 Å². The molecule has 2 rings (SSSR count). The van der Waals surface area contributed by atoms with E-state index in [0.29, 0.717) is 5.75 Å². The number of nitrogens with zero attached hydrogens (tertiary/aromatic N) is 2. The van der Waals surface area contributed by atoms with Crippen LogP contribution in [0.3, 0.4) is 0 Å². The topological polar surface area (TPSA) is 33.2 Å². The predicted octanol–water partition coefficient (Wildman–Crippen LogP) is 4.53. The third-order valence-corrected chi connectivity index (χ3v) is 5.59. The van der Waals surface area contributed by atoms with Crippen molar-refractivity contribution in [1.29, 1.82) is 0 Å². The Kier molecular flexibility index (Phi) is 6.26. The van der Waals surface area contributed by atoms with E-state index in [1.807, 2.05) is 48.4 Å². The molecule has 0 aliphatic heterocycles. The molecule has 0 atom stereocenters. The van der Waals surface area contributed by atoms with Gasteiger partial charge in [-0.1, -0.05) is 39.8 Å². The minimum Gasteiger partial charge on any atom is -0.343 e. The summed E-state index contributed by atoms with van der Waals surface area (Å²) in [7, 11) is 0. The number of aromatic nitrogens is 1. The smallest absolute Gasteiger partial charge is 0.232 e. The molecule has 0 spiro atoms. The highest BCUT2D eigenvalue weighted by Gasteiger charge is 2.12. The van der Waals surface area contributed by atoms with Gasteiger partial charge < -0.3 is 4.90 Å². The molecule has 0 radical (unpaired) electrons. The van der Waals surface area contributed by atoms with Gasteiger partial charge in [-0.2, -0.15) is 0 Å². The second-order valence-corrected chi connectivity index (χ2v) is 7.36. The molecule has 1 aromatic heterocycles. The zero-order chi connectivity index (χ0) is 15.2. The van der Waals surface area contributed by atoms with Crippen LogP contribution in [0.25, 0.3) is 11.3 Å². The molecule has 0 unspecified atom stereocenters. The summed E-state index contributed by atoms with van der Waals surface area (Å²) < 4.78 is 1.99. The van der Waals surface area contributed by atoms with E-state index in [1.54, 1.807) is 11.3 Å². The highest BCUT2D eigenvalue weighted by atomic mass is 79.9. The summed E-state index contributed by atoms with van der Waals surface area (Å²) in [5, 5.41) is 2.04. The van der Waals surface area contributed by atoms with Crippen molar-refractivity contribution in [3.05, 3.63) is 34.1 Å². The Hall–Kier alpha value is -0.850. The molecule has 0 saturated carbocycles. The first-order valence-corrected chi connectivity index (χ1v) is 9.42. The lowest BCUT2D eigenvalue weighted by molar-refractivity contribution is -0.127. The Balaban J connectivity index is 1.97. The van der Waals surface area contributed by atoms with E-state index in [9.17, 15) is 4.79 Å². The fraction of sp³-hybridized carbons (Fsp3) is 0.333.